The van der Waals surface area contributed by atoms with Gasteiger partial charge in [0.05, 0.1) is 0 Å². The molecule has 18 heavy (non-hydrogen) atoms. The molecule has 0 bridgehead atoms. The van der Waals surface area contributed by atoms with Crippen molar-refractivity contribution in [3.8, 4) is 17.2 Å². The molecule has 0 aliphatic heterocycles. The van der Waals surface area contributed by atoms with Crippen LogP contribution in [0.3, 0.4) is 0 Å². The summed E-state index contributed by atoms with van der Waals surface area (Å²) >= 11 is -2.60. The average molecular weight is 264 g/mol. The quantitative estimate of drug-likeness (QED) is 0.676. The summed E-state index contributed by atoms with van der Waals surface area (Å²) in [6.07, 6.45) is 0. The molecule has 6 heteroatoms. The van der Waals surface area contributed by atoms with Crippen molar-refractivity contribution in [1.82, 2.24) is 0 Å². The summed E-state index contributed by atoms with van der Waals surface area (Å²) in [5.41, 5.74) is 6.19. The second-order valence-corrected chi connectivity index (χ2v) is 4.01. The summed E-state index contributed by atoms with van der Waals surface area (Å²) < 4.78 is 30.8. The molecule has 0 saturated heterocycles. The summed E-state index contributed by atoms with van der Waals surface area (Å²) in [6.45, 7) is 0. The number of nitrogens with two attached hydrogens (primary N) is 1. The maximum atomic E-state index is 10.4. The van der Waals surface area contributed by atoms with Gasteiger partial charge in [0.1, 0.15) is 28.6 Å². The van der Waals surface area contributed by atoms with Crippen molar-refractivity contribution in [2.45, 2.75) is 0 Å². The first-order valence-electron chi connectivity index (χ1n) is 5.04. The van der Waals surface area contributed by atoms with Crippen LogP contribution in [0.2, 0.25) is 0 Å². The molecule has 2 aromatic rings. The third-order valence-corrected chi connectivity index (χ3v) is 2.41. The van der Waals surface area contributed by atoms with Gasteiger partial charge in [-0.15, -0.1) is 0 Å². The predicted molar refractivity (Wildman–Crippen MR) is 66.9 cm³/mol. The predicted octanol–water partition coefficient (Wildman–Crippen LogP) is 2.23. The van der Waals surface area contributed by atoms with E-state index in [1.807, 2.05) is 0 Å². The Balaban J connectivity index is 2.13. The van der Waals surface area contributed by atoms with Gasteiger partial charge in [-0.1, -0.05) is 6.07 Å². The molecule has 2 aromatic carbocycles. The molecular formula is C12H10NO4S-. The van der Waals surface area contributed by atoms with Gasteiger partial charge in [0.25, 0.3) is 0 Å². The van der Waals surface area contributed by atoms with Crippen molar-refractivity contribution in [3.63, 3.8) is 0 Å². The second kappa shape index (κ2) is 5.52. The molecule has 0 aliphatic rings. The van der Waals surface area contributed by atoms with E-state index in [0.717, 1.165) is 0 Å². The third kappa shape index (κ3) is 3.47. The summed E-state index contributed by atoms with van der Waals surface area (Å²) in [4.78, 5) is 0. The zero-order valence-electron chi connectivity index (χ0n) is 9.24. The van der Waals surface area contributed by atoms with Gasteiger partial charge in [-0.3, -0.25) is 0 Å². The molecule has 5 nitrogen and oxygen atoms in total. The number of benzene rings is 2. The Bertz CT molecular complexity index is 556. The molecule has 0 amide bonds. The Kier molecular flexibility index (Phi) is 3.81. The first-order chi connectivity index (χ1) is 8.63. The van der Waals surface area contributed by atoms with Crippen molar-refractivity contribution >= 4 is 17.0 Å². The highest BCUT2D eigenvalue weighted by Crippen LogP contribution is 2.25. The molecule has 2 rings (SSSR count). The lowest BCUT2D eigenvalue weighted by Crippen LogP contribution is -1.97. The standard InChI is InChI=1S/C12H11NO4S/c13-9-4-6-10(7-5-9)16-11-2-1-3-12(8-11)17-18(14)15/h1-8H,13H2,(H,14,15)/p-1. The van der Waals surface area contributed by atoms with Crippen LogP contribution in [0.5, 0.6) is 17.2 Å². The van der Waals surface area contributed by atoms with Gasteiger partial charge in [-0.25, -0.2) is 4.21 Å². The summed E-state index contributed by atoms with van der Waals surface area (Å²) in [7, 11) is 0. The van der Waals surface area contributed by atoms with E-state index in [-0.39, 0.29) is 5.75 Å². The lowest BCUT2D eigenvalue weighted by Gasteiger charge is -2.09. The lowest BCUT2D eigenvalue weighted by atomic mass is 10.3. The smallest absolute Gasteiger partial charge is 0.142 e. The van der Waals surface area contributed by atoms with Crippen molar-refractivity contribution < 1.29 is 17.7 Å². The van der Waals surface area contributed by atoms with Crippen molar-refractivity contribution in [3.05, 3.63) is 48.5 Å². The van der Waals surface area contributed by atoms with Crippen molar-refractivity contribution in [1.29, 1.82) is 0 Å². The van der Waals surface area contributed by atoms with Gasteiger partial charge in [0.2, 0.25) is 0 Å². The van der Waals surface area contributed by atoms with Gasteiger partial charge in [-0.05, 0) is 36.4 Å². The van der Waals surface area contributed by atoms with E-state index < -0.39 is 11.4 Å². The zero-order valence-corrected chi connectivity index (χ0v) is 10.1. The second-order valence-electron chi connectivity index (χ2n) is 3.43. The maximum absolute atomic E-state index is 10.4. The van der Waals surface area contributed by atoms with Crippen LogP contribution in [0, 0.1) is 0 Å². The Morgan fingerprint density at radius 2 is 1.67 bits per heavy atom. The number of nitrogen functional groups attached to an aromatic ring is 1. The lowest BCUT2D eigenvalue weighted by molar-refractivity contribution is 0.437. The minimum atomic E-state index is -2.60. The van der Waals surface area contributed by atoms with Crippen molar-refractivity contribution in [2.75, 3.05) is 5.73 Å². The van der Waals surface area contributed by atoms with E-state index >= 15 is 0 Å². The monoisotopic (exact) mass is 264 g/mol. The van der Waals surface area contributed by atoms with E-state index in [0.29, 0.717) is 17.2 Å². The van der Waals surface area contributed by atoms with Crippen molar-refractivity contribution in [2.24, 2.45) is 0 Å². The van der Waals surface area contributed by atoms with Crippen LogP contribution in [0.25, 0.3) is 0 Å². The number of ether oxygens (including phenoxy) is 1. The van der Waals surface area contributed by atoms with E-state index in [9.17, 15) is 8.76 Å². The molecule has 0 spiro atoms. The molecule has 0 radical (unpaired) electrons. The molecule has 0 saturated carbocycles. The maximum Gasteiger partial charge on any atom is 0.142 e. The Morgan fingerprint density at radius 1 is 1.00 bits per heavy atom. The first-order valence-corrected chi connectivity index (χ1v) is 6.04. The highest BCUT2D eigenvalue weighted by atomic mass is 32.2. The highest BCUT2D eigenvalue weighted by molar-refractivity contribution is 7.74. The van der Waals surface area contributed by atoms with E-state index in [4.69, 9.17) is 10.5 Å². The van der Waals surface area contributed by atoms with Gasteiger partial charge >= 0.3 is 0 Å². The highest BCUT2D eigenvalue weighted by Gasteiger charge is 2.00. The Labute approximate surface area is 107 Å². The van der Waals surface area contributed by atoms with Crippen LogP contribution in [-0.4, -0.2) is 8.76 Å². The molecule has 1 atom stereocenters. The van der Waals surface area contributed by atoms with Crippen LogP contribution in [0.4, 0.5) is 5.69 Å². The van der Waals surface area contributed by atoms with Gasteiger partial charge in [-0.2, -0.15) is 0 Å². The molecule has 1 unspecified atom stereocenters. The molecule has 94 valence electrons. The van der Waals surface area contributed by atoms with E-state index in [1.165, 1.54) is 12.1 Å². The first kappa shape index (κ1) is 12.4. The minimum absolute atomic E-state index is 0.191. The molecule has 0 heterocycles. The average Bonchev–Trinajstić information content (AvgIpc) is 2.32. The van der Waals surface area contributed by atoms with E-state index in [2.05, 4.69) is 4.18 Å². The fraction of sp³-hybridized carbons (Fsp3) is 0. The molecule has 0 fully saturated rings. The van der Waals surface area contributed by atoms with Gasteiger partial charge in [0, 0.05) is 11.8 Å². The molecule has 0 aromatic heterocycles. The van der Waals surface area contributed by atoms with Crippen LogP contribution in [0.15, 0.2) is 48.5 Å². The van der Waals surface area contributed by atoms with E-state index in [1.54, 1.807) is 36.4 Å². The number of hydrogen-bond donors (Lipinski definition) is 1. The fourth-order valence-electron chi connectivity index (χ4n) is 1.34. The topological polar surface area (TPSA) is 84.6 Å². The van der Waals surface area contributed by atoms with Crippen LogP contribution in [-0.2, 0) is 11.4 Å². The molecule has 0 aliphatic carbocycles. The normalized spacial score (nSPS) is 11.8. The van der Waals surface area contributed by atoms with Gasteiger partial charge in [0.15, 0.2) is 0 Å². The van der Waals surface area contributed by atoms with Crippen LogP contribution < -0.4 is 14.7 Å². The summed E-state index contributed by atoms with van der Waals surface area (Å²) in [6, 6.07) is 13.2. The van der Waals surface area contributed by atoms with Crippen LogP contribution >= 0.6 is 0 Å². The summed E-state index contributed by atoms with van der Waals surface area (Å²) in [5.74, 6) is 1.27. The Morgan fingerprint density at radius 3 is 2.33 bits per heavy atom. The molecule has 2 N–H and O–H groups in total. The summed E-state index contributed by atoms with van der Waals surface area (Å²) in [5, 5.41) is 0. The number of rotatable bonds is 4. The largest absolute Gasteiger partial charge is 0.740 e. The van der Waals surface area contributed by atoms with Gasteiger partial charge < -0.3 is 19.2 Å². The zero-order chi connectivity index (χ0) is 13.0. The third-order valence-electron chi connectivity index (χ3n) is 2.09. The minimum Gasteiger partial charge on any atom is -0.740 e. The number of anilines is 1. The number of hydrogen-bond acceptors (Lipinski definition) is 5. The fourth-order valence-corrected chi connectivity index (χ4v) is 1.60. The molecular weight excluding hydrogens is 254 g/mol. The van der Waals surface area contributed by atoms with Crippen LogP contribution in [0.1, 0.15) is 0 Å². The Hall–Kier alpha value is -2.05. The SMILES string of the molecule is Nc1ccc(Oc2cccc(OS(=O)[O-])c2)cc1.